The van der Waals surface area contributed by atoms with E-state index in [2.05, 4.69) is 11.9 Å². The van der Waals surface area contributed by atoms with Gasteiger partial charge in [0.1, 0.15) is 11.4 Å². The molecule has 0 spiro atoms. The summed E-state index contributed by atoms with van der Waals surface area (Å²) >= 11 is 0. The molecule has 0 atom stereocenters. The van der Waals surface area contributed by atoms with Crippen LogP contribution in [0.4, 0.5) is 5.82 Å². The first-order valence-corrected chi connectivity index (χ1v) is 6.74. The fraction of sp³-hybridized carbons (Fsp3) is 0.571. The number of nitrogen functional groups attached to an aromatic ring is 1. The lowest BCUT2D eigenvalue weighted by atomic mass is 10.2. The van der Waals surface area contributed by atoms with Gasteiger partial charge in [-0.1, -0.05) is 26.2 Å². The topological polar surface area (TPSA) is 74.4 Å². The molecule has 0 aliphatic rings. The highest BCUT2D eigenvalue weighted by Gasteiger charge is 2.14. The quantitative estimate of drug-likeness (QED) is 0.578. The Bertz CT molecular complexity index is 408. The zero-order chi connectivity index (χ0) is 14.1. The first-order valence-electron chi connectivity index (χ1n) is 6.74. The molecule has 5 nitrogen and oxygen atoms in total. The summed E-state index contributed by atoms with van der Waals surface area (Å²) in [5.74, 6) is 0.283. The Morgan fingerprint density at radius 2 is 2.11 bits per heavy atom. The lowest BCUT2D eigenvalue weighted by molar-refractivity contribution is 0.0521. The van der Waals surface area contributed by atoms with E-state index >= 15 is 0 Å². The number of hydrogen-bond donors (Lipinski definition) is 1. The van der Waals surface area contributed by atoms with E-state index < -0.39 is 5.97 Å². The summed E-state index contributed by atoms with van der Waals surface area (Å²) in [7, 11) is 0. The Balaban J connectivity index is 2.63. The van der Waals surface area contributed by atoms with E-state index in [-0.39, 0.29) is 5.82 Å². The van der Waals surface area contributed by atoms with Gasteiger partial charge in [-0.2, -0.15) is 0 Å². The standard InChI is InChI=1S/C14H22N2O3/c1-3-5-6-7-8-19-12-10-16-13(15)9-11(12)14(17)18-4-2/h9-10H,3-8H2,1-2H3,(H2,15,16). The van der Waals surface area contributed by atoms with Gasteiger partial charge in [0.05, 0.1) is 19.4 Å². The molecule has 1 aromatic rings. The molecule has 0 aliphatic carbocycles. The molecule has 0 unspecified atom stereocenters. The summed E-state index contributed by atoms with van der Waals surface area (Å²) in [6.45, 7) is 4.80. The van der Waals surface area contributed by atoms with Gasteiger partial charge in [0.25, 0.3) is 0 Å². The van der Waals surface area contributed by atoms with E-state index in [9.17, 15) is 4.79 Å². The van der Waals surface area contributed by atoms with E-state index in [4.69, 9.17) is 15.2 Å². The molecular weight excluding hydrogens is 244 g/mol. The van der Waals surface area contributed by atoms with Crippen molar-refractivity contribution < 1.29 is 14.3 Å². The normalized spacial score (nSPS) is 10.2. The van der Waals surface area contributed by atoms with Crippen LogP contribution in [0.15, 0.2) is 12.3 Å². The minimum absolute atomic E-state index is 0.279. The molecule has 0 aromatic carbocycles. The number of anilines is 1. The molecule has 2 N–H and O–H groups in total. The highest BCUT2D eigenvalue weighted by atomic mass is 16.5. The van der Waals surface area contributed by atoms with Gasteiger partial charge in [-0.05, 0) is 19.4 Å². The zero-order valence-electron chi connectivity index (χ0n) is 11.6. The van der Waals surface area contributed by atoms with Crippen molar-refractivity contribution in [3.63, 3.8) is 0 Å². The van der Waals surface area contributed by atoms with Crippen LogP contribution in [0, 0.1) is 0 Å². The van der Waals surface area contributed by atoms with E-state index in [0.29, 0.717) is 24.5 Å². The molecule has 1 rings (SSSR count). The molecule has 1 heterocycles. The number of aromatic nitrogens is 1. The number of ether oxygens (including phenoxy) is 2. The molecule has 0 fully saturated rings. The maximum absolute atomic E-state index is 11.8. The van der Waals surface area contributed by atoms with Crippen LogP contribution >= 0.6 is 0 Å². The summed E-state index contributed by atoms with van der Waals surface area (Å²) in [6.07, 6.45) is 5.92. The Morgan fingerprint density at radius 1 is 1.32 bits per heavy atom. The Kier molecular flexibility index (Phi) is 6.71. The highest BCUT2D eigenvalue weighted by molar-refractivity contribution is 5.93. The third-order valence-electron chi connectivity index (χ3n) is 2.64. The van der Waals surface area contributed by atoms with Gasteiger partial charge in [-0.3, -0.25) is 0 Å². The van der Waals surface area contributed by atoms with Gasteiger partial charge in [-0.15, -0.1) is 0 Å². The van der Waals surface area contributed by atoms with Crippen molar-refractivity contribution in [2.24, 2.45) is 0 Å². The predicted octanol–water partition coefficient (Wildman–Crippen LogP) is 2.80. The molecule has 0 aliphatic heterocycles. The molecule has 0 amide bonds. The molecule has 1 aromatic heterocycles. The molecule has 19 heavy (non-hydrogen) atoms. The summed E-state index contributed by atoms with van der Waals surface area (Å²) in [6, 6.07) is 1.49. The molecule has 0 radical (unpaired) electrons. The third kappa shape index (κ3) is 5.16. The van der Waals surface area contributed by atoms with Crippen molar-refractivity contribution in [3.05, 3.63) is 17.8 Å². The minimum Gasteiger partial charge on any atom is -0.491 e. The van der Waals surface area contributed by atoms with Crippen LogP contribution in [0.1, 0.15) is 49.9 Å². The summed E-state index contributed by atoms with van der Waals surface area (Å²) in [5, 5.41) is 0. The van der Waals surface area contributed by atoms with Gasteiger partial charge >= 0.3 is 5.97 Å². The number of unbranched alkanes of at least 4 members (excludes halogenated alkanes) is 3. The lowest BCUT2D eigenvalue weighted by Gasteiger charge is -2.10. The molecule has 106 valence electrons. The minimum atomic E-state index is -0.430. The monoisotopic (exact) mass is 266 g/mol. The first kappa shape index (κ1) is 15.3. The number of nitrogens with zero attached hydrogens (tertiary/aromatic N) is 1. The van der Waals surface area contributed by atoms with Crippen molar-refractivity contribution in [1.29, 1.82) is 0 Å². The Hall–Kier alpha value is -1.78. The molecular formula is C14H22N2O3. The van der Waals surface area contributed by atoms with Gasteiger partial charge in [-0.25, -0.2) is 9.78 Å². The number of carbonyl (C=O) groups is 1. The smallest absolute Gasteiger partial charge is 0.342 e. The lowest BCUT2D eigenvalue weighted by Crippen LogP contribution is -2.10. The van der Waals surface area contributed by atoms with Crippen LogP contribution < -0.4 is 10.5 Å². The fourth-order valence-electron chi connectivity index (χ4n) is 1.65. The molecule has 5 heteroatoms. The van der Waals surface area contributed by atoms with Gasteiger partial charge in [0.15, 0.2) is 5.75 Å². The SMILES string of the molecule is CCCCCCOc1cnc(N)cc1C(=O)OCC. The van der Waals surface area contributed by atoms with Gasteiger partial charge < -0.3 is 15.2 Å². The number of carbonyl (C=O) groups excluding carboxylic acids is 1. The average molecular weight is 266 g/mol. The Labute approximate surface area is 114 Å². The number of pyridine rings is 1. The van der Waals surface area contributed by atoms with Crippen LogP contribution in [0.5, 0.6) is 5.75 Å². The number of hydrogen-bond acceptors (Lipinski definition) is 5. The van der Waals surface area contributed by atoms with Gasteiger partial charge in [0, 0.05) is 0 Å². The van der Waals surface area contributed by atoms with Crippen LogP contribution in [-0.2, 0) is 4.74 Å². The van der Waals surface area contributed by atoms with Crippen LogP contribution in [0.2, 0.25) is 0 Å². The second-order valence-corrected chi connectivity index (χ2v) is 4.23. The largest absolute Gasteiger partial charge is 0.491 e. The van der Waals surface area contributed by atoms with Gasteiger partial charge in [0.2, 0.25) is 0 Å². The second-order valence-electron chi connectivity index (χ2n) is 4.23. The third-order valence-corrected chi connectivity index (χ3v) is 2.64. The van der Waals surface area contributed by atoms with E-state index in [0.717, 1.165) is 12.8 Å². The maximum atomic E-state index is 11.8. The maximum Gasteiger partial charge on any atom is 0.342 e. The summed E-state index contributed by atoms with van der Waals surface area (Å²) < 4.78 is 10.6. The summed E-state index contributed by atoms with van der Waals surface area (Å²) in [4.78, 5) is 15.7. The van der Waals surface area contributed by atoms with Crippen molar-refractivity contribution in [2.45, 2.75) is 39.5 Å². The van der Waals surface area contributed by atoms with Crippen molar-refractivity contribution in [3.8, 4) is 5.75 Å². The number of rotatable bonds is 8. The Morgan fingerprint density at radius 3 is 2.79 bits per heavy atom. The fourth-order valence-corrected chi connectivity index (χ4v) is 1.65. The molecule has 0 saturated carbocycles. The van der Waals surface area contributed by atoms with Crippen molar-refractivity contribution in [1.82, 2.24) is 4.98 Å². The van der Waals surface area contributed by atoms with E-state index in [1.165, 1.54) is 25.1 Å². The van der Waals surface area contributed by atoms with Crippen molar-refractivity contribution in [2.75, 3.05) is 18.9 Å². The van der Waals surface area contributed by atoms with Crippen LogP contribution in [0.3, 0.4) is 0 Å². The molecule has 0 saturated heterocycles. The predicted molar refractivity (Wildman–Crippen MR) is 74.2 cm³/mol. The number of nitrogens with two attached hydrogens (primary N) is 1. The van der Waals surface area contributed by atoms with E-state index in [1.807, 2.05) is 0 Å². The first-order chi connectivity index (χ1) is 9.19. The van der Waals surface area contributed by atoms with Crippen molar-refractivity contribution >= 4 is 11.8 Å². The van der Waals surface area contributed by atoms with Crippen LogP contribution in [0.25, 0.3) is 0 Å². The van der Waals surface area contributed by atoms with E-state index in [1.54, 1.807) is 6.92 Å². The highest BCUT2D eigenvalue weighted by Crippen LogP contribution is 2.20. The zero-order valence-corrected chi connectivity index (χ0v) is 11.6. The average Bonchev–Trinajstić information content (AvgIpc) is 2.40. The number of esters is 1. The van der Waals surface area contributed by atoms with Crippen LogP contribution in [-0.4, -0.2) is 24.2 Å². The summed E-state index contributed by atoms with van der Waals surface area (Å²) in [5.41, 5.74) is 5.92. The second kappa shape index (κ2) is 8.34. The molecule has 0 bridgehead atoms.